The van der Waals surface area contributed by atoms with Crippen molar-refractivity contribution in [2.24, 2.45) is 0 Å². The Balaban J connectivity index is 3.21. The van der Waals surface area contributed by atoms with Gasteiger partial charge >= 0.3 is 5.97 Å². The van der Waals surface area contributed by atoms with E-state index in [1.807, 2.05) is 12.2 Å². The van der Waals surface area contributed by atoms with Crippen LogP contribution in [-0.4, -0.2) is 12.6 Å². The molecule has 0 aliphatic rings. The second-order valence-electron chi connectivity index (χ2n) is 5.56. The average molecular weight is 306 g/mol. The molecule has 22 heavy (non-hydrogen) atoms. The van der Waals surface area contributed by atoms with E-state index >= 15 is 0 Å². The molecule has 0 fully saturated rings. The molecule has 0 saturated carbocycles. The van der Waals surface area contributed by atoms with Crippen LogP contribution in [0.3, 0.4) is 0 Å². The first-order chi connectivity index (χ1) is 10.8. The molecule has 0 N–H and O–H groups in total. The number of hydrogen-bond donors (Lipinski definition) is 0. The minimum absolute atomic E-state index is 0.207. The van der Waals surface area contributed by atoms with Gasteiger partial charge in [-0.2, -0.15) is 0 Å². The van der Waals surface area contributed by atoms with E-state index in [1.165, 1.54) is 51.9 Å². The molecule has 0 aromatic heterocycles. The van der Waals surface area contributed by atoms with E-state index in [2.05, 4.69) is 31.2 Å². The first kappa shape index (κ1) is 20.7. The summed E-state index contributed by atoms with van der Waals surface area (Å²) in [6, 6.07) is 0. The lowest BCUT2D eigenvalue weighted by Gasteiger charge is -1.99. The van der Waals surface area contributed by atoms with Crippen LogP contribution >= 0.6 is 0 Å². The molecular weight excluding hydrogens is 272 g/mol. The fourth-order valence-electron chi connectivity index (χ4n) is 2.14. The molecule has 0 saturated heterocycles. The average Bonchev–Trinajstić information content (AvgIpc) is 2.50. The third-order valence-corrected chi connectivity index (χ3v) is 3.37. The summed E-state index contributed by atoms with van der Waals surface area (Å²) >= 11 is 0. The lowest BCUT2D eigenvalue weighted by molar-refractivity contribution is -0.140. The van der Waals surface area contributed by atoms with Crippen LogP contribution in [0.1, 0.15) is 78.1 Å². The monoisotopic (exact) mass is 306 g/mol. The molecule has 0 aromatic carbocycles. The van der Waals surface area contributed by atoms with Crippen LogP contribution in [0.4, 0.5) is 0 Å². The Hall–Kier alpha value is -1.31. The Morgan fingerprint density at radius 3 is 1.91 bits per heavy atom. The SMILES string of the molecule is CC/C=C/CCCCCCCC/C=C/C=C/CCOC(C)=O. The van der Waals surface area contributed by atoms with Crippen molar-refractivity contribution < 1.29 is 9.53 Å². The molecule has 2 heteroatoms. The normalized spacial score (nSPS) is 11.9. The highest BCUT2D eigenvalue weighted by Crippen LogP contribution is 2.09. The van der Waals surface area contributed by atoms with Crippen LogP contribution in [0.15, 0.2) is 36.5 Å². The number of unbranched alkanes of at least 4 members (excludes halogenated alkanes) is 7. The van der Waals surface area contributed by atoms with Crippen LogP contribution in [0.25, 0.3) is 0 Å². The molecule has 0 heterocycles. The van der Waals surface area contributed by atoms with Crippen LogP contribution in [0.5, 0.6) is 0 Å². The molecule has 0 aliphatic heterocycles. The van der Waals surface area contributed by atoms with Gasteiger partial charge in [0.2, 0.25) is 0 Å². The number of esters is 1. The smallest absolute Gasteiger partial charge is 0.302 e. The van der Waals surface area contributed by atoms with Gasteiger partial charge in [-0.15, -0.1) is 0 Å². The summed E-state index contributed by atoms with van der Waals surface area (Å²) in [5, 5.41) is 0. The number of rotatable bonds is 14. The first-order valence-electron chi connectivity index (χ1n) is 8.87. The number of carbonyl (C=O) groups excluding carboxylic acids is 1. The fraction of sp³-hybridized carbons (Fsp3) is 0.650. The van der Waals surface area contributed by atoms with Gasteiger partial charge < -0.3 is 4.74 Å². The minimum Gasteiger partial charge on any atom is -0.466 e. The first-order valence-corrected chi connectivity index (χ1v) is 8.87. The van der Waals surface area contributed by atoms with Gasteiger partial charge in [0, 0.05) is 6.92 Å². The second-order valence-corrected chi connectivity index (χ2v) is 5.56. The van der Waals surface area contributed by atoms with Crippen molar-refractivity contribution in [2.45, 2.75) is 78.1 Å². The molecule has 0 atom stereocenters. The standard InChI is InChI=1S/C20H34O2/c1-3-4-5-6-7-8-9-10-11-12-13-14-15-16-17-18-19-22-20(2)21/h4-5,14-17H,3,6-13,18-19H2,1-2H3/b5-4+,15-14+,17-16+. The van der Waals surface area contributed by atoms with Crippen LogP contribution < -0.4 is 0 Å². The van der Waals surface area contributed by atoms with E-state index < -0.39 is 0 Å². The maximum atomic E-state index is 10.5. The van der Waals surface area contributed by atoms with Crippen molar-refractivity contribution in [1.82, 2.24) is 0 Å². The molecule has 0 aliphatic carbocycles. The fourth-order valence-corrected chi connectivity index (χ4v) is 2.14. The van der Waals surface area contributed by atoms with E-state index in [9.17, 15) is 4.79 Å². The van der Waals surface area contributed by atoms with Gasteiger partial charge in [0.15, 0.2) is 0 Å². The summed E-state index contributed by atoms with van der Waals surface area (Å²) in [4.78, 5) is 10.5. The van der Waals surface area contributed by atoms with E-state index in [-0.39, 0.29) is 5.97 Å². The highest BCUT2D eigenvalue weighted by Gasteiger charge is 1.90. The molecule has 0 radical (unpaired) electrons. The van der Waals surface area contributed by atoms with Gasteiger partial charge in [-0.25, -0.2) is 0 Å². The van der Waals surface area contributed by atoms with E-state index in [1.54, 1.807) is 0 Å². The van der Waals surface area contributed by atoms with Crippen molar-refractivity contribution >= 4 is 5.97 Å². The second kappa shape index (κ2) is 17.7. The molecule has 2 nitrogen and oxygen atoms in total. The van der Waals surface area contributed by atoms with Gasteiger partial charge in [-0.1, -0.05) is 69.1 Å². The van der Waals surface area contributed by atoms with E-state index in [0.29, 0.717) is 6.61 Å². The Morgan fingerprint density at radius 1 is 0.773 bits per heavy atom. The molecule has 0 rings (SSSR count). The Bertz CT molecular complexity index is 327. The molecule has 126 valence electrons. The summed E-state index contributed by atoms with van der Waals surface area (Å²) in [5.74, 6) is -0.207. The summed E-state index contributed by atoms with van der Waals surface area (Å²) in [6.07, 6.45) is 25.4. The Morgan fingerprint density at radius 2 is 1.32 bits per heavy atom. The van der Waals surface area contributed by atoms with Crippen LogP contribution in [0.2, 0.25) is 0 Å². The molecular formula is C20H34O2. The van der Waals surface area contributed by atoms with E-state index in [0.717, 1.165) is 19.3 Å². The predicted molar refractivity (Wildman–Crippen MR) is 95.9 cm³/mol. The number of ether oxygens (including phenoxy) is 1. The summed E-state index contributed by atoms with van der Waals surface area (Å²) < 4.78 is 4.84. The Kier molecular flexibility index (Phi) is 16.7. The highest BCUT2D eigenvalue weighted by atomic mass is 16.5. The maximum Gasteiger partial charge on any atom is 0.302 e. The minimum atomic E-state index is -0.207. The lowest BCUT2D eigenvalue weighted by atomic mass is 10.1. The quantitative estimate of drug-likeness (QED) is 0.167. The van der Waals surface area contributed by atoms with Gasteiger partial charge in [0.1, 0.15) is 0 Å². The van der Waals surface area contributed by atoms with Gasteiger partial charge in [0.25, 0.3) is 0 Å². The summed E-state index contributed by atoms with van der Waals surface area (Å²) in [5.41, 5.74) is 0. The zero-order valence-electron chi connectivity index (χ0n) is 14.6. The molecule has 0 bridgehead atoms. The molecule has 0 amide bonds. The molecule has 0 unspecified atom stereocenters. The molecule has 0 aromatic rings. The van der Waals surface area contributed by atoms with Gasteiger partial charge in [-0.3, -0.25) is 4.79 Å². The summed E-state index contributed by atoms with van der Waals surface area (Å²) in [7, 11) is 0. The number of carbonyl (C=O) groups is 1. The van der Waals surface area contributed by atoms with E-state index in [4.69, 9.17) is 4.74 Å². The van der Waals surface area contributed by atoms with Crippen LogP contribution in [0, 0.1) is 0 Å². The predicted octanol–water partition coefficient (Wildman–Crippen LogP) is 6.14. The van der Waals surface area contributed by atoms with Gasteiger partial charge in [-0.05, 0) is 38.5 Å². The maximum absolute atomic E-state index is 10.5. The third-order valence-electron chi connectivity index (χ3n) is 3.37. The largest absolute Gasteiger partial charge is 0.466 e. The van der Waals surface area contributed by atoms with Crippen molar-refractivity contribution in [3.63, 3.8) is 0 Å². The topological polar surface area (TPSA) is 26.3 Å². The van der Waals surface area contributed by atoms with Gasteiger partial charge in [0.05, 0.1) is 6.61 Å². The zero-order valence-corrected chi connectivity index (χ0v) is 14.6. The zero-order chi connectivity index (χ0) is 16.3. The van der Waals surface area contributed by atoms with Crippen molar-refractivity contribution in [3.05, 3.63) is 36.5 Å². The van der Waals surface area contributed by atoms with Crippen LogP contribution in [-0.2, 0) is 9.53 Å². The molecule has 0 spiro atoms. The summed E-state index contributed by atoms with van der Waals surface area (Å²) in [6.45, 7) is 4.10. The number of hydrogen-bond acceptors (Lipinski definition) is 2. The third kappa shape index (κ3) is 18.7. The van der Waals surface area contributed by atoms with Crippen molar-refractivity contribution in [3.8, 4) is 0 Å². The van der Waals surface area contributed by atoms with Crippen molar-refractivity contribution in [1.29, 1.82) is 0 Å². The van der Waals surface area contributed by atoms with Crippen molar-refractivity contribution in [2.75, 3.05) is 6.61 Å². The lowest BCUT2D eigenvalue weighted by Crippen LogP contribution is -1.98. The Labute approximate surface area is 137 Å². The number of allylic oxidation sites excluding steroid dienone is 5. The highest BCUT2D eigenvalue weighted by molar-refractivity contribution is 5.65.